The molecule has 1 aromatic rings. The van der Waals surface area contributed by atoms with Gasteiger partial charge in [-0.15, -0.1) is 0 Å². The Morgan fingerprint density at radius 1 is 1.33 bits per heavy atom. The highest BCUT2D eigenvalue weighted by atomic mass is 19.4. The quantitative estimate of drug-likeness (QED) is 0.387. The zero-order chi connectivity index (χ0) is 21.7. The van der Waals surface area contributed by atoms with Crippen molar-refractivity contribution in [3.05, 3.63) is 41.5 Å². The van der Waals surface area contributed by atoms with Crippen molar-refractivity contribution in [3.8, 4) is 11.8 Å². The summed E-state index contributed by atoms with van der Waals surface area (Å²) in [6.45, 7) is -0.137. The lowest BCUT2D eigenvalue weighted by atomic mass is 9.85. The van der Waals surface area contributed by atoms with Crippen LogP contribution in [0, 0.1) is 23.6 Å². The van der Waals surface area contributed by atoms with Gasteiger partial charge in [0.25, 0.3) is 0 Å². The maximum Gasteiger partial charge on any atom is 0.427 e. The Hall–Kier alpha value is -3.29. The number of carbonyl (C=O) groups is 1. The second-order valence-electron chi connectivity index (χ2n) is 7.22. The monoisotopic (exact) mass is 425 g/mol. The lowest BCUT2D eigenvalue weighted by molar-refractivity contribution is -0.178. The van der Waals surface area contributed by atoms with E-state index in [1.807, 2.05) is 0 Å². The van der Waals surface area contributed by atoms with Crippen molar-refractivity contribution >= 4 is 17.6 Å². The number of urea groups is 1. The SMILES string of the molecule is NC1=NC=CN([C@@H](F)c2cc3c(cc2F)[C@@](C#CC2CC2)(C(F)(F)F)NC(=O)N3)C1. The third kappa shape index (κ3) is 3.42. The summed E-state index contributed by atoms with van der Waals surface area (Å²) in [6, 6.07) is 0.236. The lowest BCUT2D eigenvalue weighted by Gasteiger charge is -2.38. The van der Waals surface area contributed by atoms with Crippen molar-refractivity contribution in [2.24, 2.45) is 16.6 Å². The molecule has 158 valence electrons. The molecular weight excluding hydrogens is 409 g/mol. The van der Waals surface area contributed by atoms with E-state index in [2.05, 4.69) is 22.2 Å². The zero-order valence-corrected chi connectivity index (χ0v) is 15.4. The molecule has 0 radical (unpaired) electrons. The standard InChI is InChI=1S/C19H16F5N5O/c20-13-8-12-14(7-11(13)16(21)29-6-5-26-15(25)9-29)27-17(30)28-18(12,19(22,23)24)4-3-10-1-2-10/h5-8,10,16H,1-2,9H2,(H2,25,26)(H2,27,28,30)/t16-,18+/m1/s1. The van der Waals surface area contributed by atoms with Crippen molar-refractivity contribution in [1.29, 1.82) is 0 Å². The highest BCUT2D eigenvalue weighted by molar-refractivity contribution is 5.95. The van der Waals surface area contributed by atoms with Crippen LogP contribution < -0.4 is 16.4 Å². The fraction of sp³-hybridized carbons (Fsp3) is 0.368. The molecule has 0 spiro atoms. The first-order valence-corrected chi connectivity index (χ1v) is 9.02. The Morgan fingerprint density at radius 3 is 2.70 bits per heavy atom. The zero-order valence-electron chi connectivity index (χ0n) is 15.4. The van der Waals surface area contributed by atoms with E-state index in [-0.39, 0.29) is 24.0 Å². The van der Waals surface area contributed by atoms with Gasteiger partial charge in [0, 0.05) is 35.1 Å². The Kier molecular flexibility index (Phi) is 4.60. The fourth-order valence-corrected chi connectivity index (χ4v) is 3.24. The van der Waals surface area contributed by atoms with Gasteiger partial charge in [-0.25, -0.2) is 18.6 Å². The van der Waals surface area contributed by atoms with Crippen molar-refractivity contribution < 1.29 is 26.7 Å². The molecule has 6 nitrogen and oxygen atoms in total. The number of hydrogen-bond donors (Lipinski definition) is 3. The molecule has 4 rings (SSSR count). The average Bonchev–Trinajstić information content (AvgIpc) is 3.49. The Balaban J connectivity index is 1.80. The van der Waals surface area contributed by atoms with Gasteiger partial charge in [0.05, 0.1) is 6.54 Å². The van der Waals surface area contributed by atoms with E-state index in [0.29, 0.717) is 18.9 Å². The second-order valence-corrected chi connectivity index (χ2v) is 7.22. The van der Waals surface area contributed by atoms with Crippen LogP contribution in [0.2, 0.25) is 0 Å². The molecule has 1 aliphatic carbocycles. The van der Waals surface area contributed by atoms with Crippen LogP contribution in [0.25, 0.3) is 0 Å². The van der Waals surface area contributed by atoms with Crippen molar-refractivity contribution in [2.45, 2.75) is 30.9 Å². The molecule has 2 atom stereocenters. The first-order chi connectivity index (χ1) is 14.1. The number of halogens is 5. The fourth-order valence-electron chi connectivity index (χ4n) is 3.24. The van der Waals surface area contributed by atoms with E-state index in [1.165, 1.54) is 12.4 Å². The maximum absolute atomic E-state index is 15.0. The molecule has 1 saturated carbocycles. The minimum absolute atomic E-state index is 0.0856. The number of rotatable bonds is 2. The summed E-state index contributed by atoms with van der Waals surface area (Å²) in [5.41, 5.74) is 0.889. The van der Waals surface area contributed by atoms with Crippen molar-refractivity contribution in [3.63, 3.8) is 0 Å². The van der Waals surface area contributed by atoms with Gasteiger partial charge in [-0.2, -0.15) is 13.2 Å². The van der Waals surface area contributed by atoms with E-state index >= 15 is 0 Å². The van der Waals surface area contributed by atoms with Crippen LogP contribution in [0.15, 0.2) is 29.5 Å². The van der Waals surface area contributed by atoms with Gasteiger partial charge in [-0.3, -0.25) is 0 Å². The van der Waals surface area contributed by atoms with Gasteiger partial charge >= 0.3 is 12.2 Å². The highest BCUT2D eigenvalue weighted by Crippen LogP contribution is 2.46. The molecule has 0 unspecified atom stereocenters. The van der Waals surface area contributed by atoms with Crippen LogP contribution >= 0.6 is 0 Å². The number of nitrogens with zero attached hydrogens (tertiary/aromatic N) is 2. The molecule has 1 aromatic carbocycles. The number of alkyl halides is 4. The van der Waals surface area contributed by atoms with Crippen LogP contribution in [0.5, 0.6) is 0 Å². The molecule has 2 amide bonds. The Bertz CT molecular complexity index is 1020. The normalized spacial score (nSPS) is 24.1. The van der Waals surface area contributed by atoms with Crippen molar-refractivity contribution in [2.75, 3.05) is 11.9 Å². The van der Waals surface area contributed by atoms with E-state index in [0.717, 1.165) is 11.0 Å². The summed E-state index contributed by atoms with van der Waals surface area (Å²) in [5.74, 6) is 3.28. The first kappa shape index (κ1) is 20.0. The van der Waals surface area contributed by atoms with Gasteiger partial charge in [-0.1, -0.05) is 11.8 Å². The molecule has 4 N–H and O–H groups in total. The molecular formula is C19H16F5N5O. The Labute approximate surface area is 168 Å². The second kappa shape index (κ2) is 6.90. The summed E-state index contributed by atoms with van der Waals surface area (Å²) in [5, 5.41) is 3.98. The maximum atomic E-state index is 15.0. The molecule has 30 heavy (non-hydrogen) atoms. The number of amides is 2. The molecule has 0 aromatic heterocycles. The Morgan fingerprint density at radius 2 is 2.07 bits per heavy atom. The van der Waals surface area contributed by atoms with Gasteiger partial charge in [-0.05, 0) is 25.0 Å². The number of carbonyl (C=O) groups excluding carboxylic acids is 1. The number of fused-ring (bicyclic) bond motifs is 1. The molecule has 2 aliphatic heterocycles. The molecule has 1 fully saturated rings. The first-order valence-electron chi connectivity index (χ1n) is 9.02. The van der Waals surface area contributed by atoms with Gasteiger partial charge in [0.2, 0.25) is 11.8 Å². The van der Waals surface area contributed by atoms with Crippen LogP contribution in [0.4, 0.5) is 32.4 Å². The smallest absolute Gasteiger partial charge is 0.386 e. The number of hydrogen-bond acceptors (Lipinski definition) is 4. The predicted molar refractivity (Wildman–Crippen MR) is 98.1 cm³/mol. The average molecular weight is 425 g/mol. The van der Waals surface area contributed by atoms with E-state index < -0.39 is 41.0 Å². The lowest BCUT2D eigenvalue weighted by Crippen LogP contribution is -2.59. The topological polar surface area (TPSA) is 82.8 Å². The number of anilines is 1. The van der Waals surface area contributed by atoms with E-state index in [4.69, 9.17) is 5.73 Å². The summed E-state index contributed by atoms with van der Waals surface area (Å²) < 4.78 is 71.9. The number of nitrogens with two attached hydrogens (primary N) is 1. The van der Waals surface area contributed by atoms with Gasteiger partial charge in [0.15, 0.2) is 0 Å². The van der Waals surface area contributed by atoms with Gasteiger partial charge in [0.1, 0.15) is 11.7 Å². The summed E-state index contributed by atoms with van der Waals surface area (Å²) in [7, 11) is 0. The van der Waals surface area contributed by atoms with Crippen molar-refractivity contribution in [1.82, 2.24) is 10.2 Å². The van der Waals surface area contributed by atoms with Crippen LogP contribution in [0.3, 0.4) is 0 Å². The van der Waals surface area contributed by atoms with E-state index in [1.54, 1.807) is 5.32 Å². The summed E-state index contributed by atoms with van der Waals surface area (Å²) in [6.07, 6.45) is -3.33. The largest absolute Gasteiger partial charge is 0.427 e. The minimum Gasteiger partial charge on any atom is -0.386 e. The number of aliphatic imine (C=N–C) groups is 1. The molecule has 3 aliphatic rings. The van der Waals surface area contributed by atoms with Gasteiger partial charge < -0.3 is 21.3 Å². The number of amidine groups is 1. The minimum atomic E-state index is -5.04. The molecule has 0 saturated heterocycles. The highest BCUT2D eigenvalue weighted by Gasteiger charge is 2.59. The van der Waals surface area contributed by atoms with Crippen LogP contribution in [-0.2, 0) is 5.54 Å². The third-order valence-corrected chi connectivity index (χ3v) is 4.95. The third-order valence-electron chi connectivity index (χ3n) is 4.95. The summed E-state index contributed by atoms with van der Waals surface area (Å²) >= 11 is 0. The summed E-state index contributed by atoms with van der Waals surface area (Å²) in [4.78, 5) is 16.8. The molecule has 11 heteroatoms. The van der Waals surface area contributed by atoms with E-state index in [9.17, 15) is 26.7 Å². The molecule has 2 heterocycles. The molecule has 0 bridgehead atoms. The number of nitrogens with one attached hydrogen (secondary N) is 2. The predicted octanol–water partition coefficient (Wildman–Crippen LogP) is 3.24. The number of benzene rings is 1. The van der Waals surface area contributed by atoms with Crippen LogP contribution in [-0.4, -0.2) is 29.5 Å². The van der Waals surface area contributed by atoms with Crippen LogP contribution in [0.1, 0.15) is 30.3 Å².